The lowest BCUT2D eigenvalue weighted by Gasteiger charge is -2.34. The number of piperidine rings is 1. The fraction of sp³-hybridized carbons (Fsp3) is 0.538. The average Bonchev–Trinajstić information content (AvgIpc) is 2.39. The van der Waals surface area contributed by atoms with Crippen LogP contribution in [0.3, 0.4) is 0 Å². The second-order valence-corrected chi connectivity index (χ2v) is 4.86. The van der Waals surface area contributed by atoms with Crippen molar-refractivity contribution in [2.45, 2.75) is 25.9 Å². The minimum absolute atomic E-state index is 0.295. The fourth-order valence-corrected chi connectivity index (χ4v) is 2.55. The summed E-state index contributed by atoms with van der Waals surface area (Å²) in [6.07, 6.45) is 6.09. The number of nitrogens with two attached hydrogens (primary N) is 1. The zero-order valence-corrected chi connectivity index (χ0v) is 11.4. The molecule has 1 aliphatic rings. The van der Waals surface area contributed by atoms with E-state index >= 15 is 0 Å². The summed E-state index contributed by atoms with van der Waals surface area (Å²) in [7, 11) is 0. The Kier molecular flexibility index (Phi) is 4.49. The zero-order valence-electron chi connectivity index (χ0n) is 10.6. The molecule has 98 valence electrons. The molecule has 18 heavy (non-hydrogen) atoms. The first-order valence-electron chi connectivity index (χ1n) is 6.32. The molecule has 4 nitrogen and oxygen atoms in total. The predicted molar refractivity (Wildman–Crippen MR) is 77.0 cm³/mol. The van der Waals surface area contributed by atoms with Gasteiger partial charge in [-0.2, -0.15) is 0 Å². The summed E-state index contributed by atoms with van der Waals surface area (Å²) >= 11 is 5.09. The lowest BCUT2D eigenvalue weighted by Crippen LogP contribution is -2.40. The Bertz CT molecular complexity index is 422. The Balaban J connectivity index is 2.18. The van der Waals surface area contributed by atoms with E-state index in [-0.39, 0.29) is 0 Å². The Morgan fingerprint density at radius 1 is 1.67 bits per heavy atom. The molecule has 1 aromatic rings. The van der Waals surface area contributed by atoms with Crippen LogP contribution in [-0.2, 0) is 4.74 Å². The molecule has 0 aliphatic carbocycles. The van der Waals surface area contributed by atoms with Crippen molar-refractivity contribution in [2.24, 2.45) is 5.73 Å². The van der Waals surface area contributed by atoms with Gasteiger partial charge in [-0.25, -0.2) is 0 Å². The number of rotatable bonds is 4. The smallest absolute Gasteiger partial charge is 0.106 e. The van der Waals surface area contributed by atoms with Crippen LogP contribution in [0.4, 0.5) is 5.69 Å². The lowest BCUT2D eigenvalue weighted by atomic mass is 10.1. The standard InChI is InChI=1S/C13H19N3OS/c1-2-17-10-4-3-7-16(9-10)12-8-15-6-5-11(12)13(14)18/h5-6,8,10H,2-4,7,9H2,1H3,(H2,14,18). The number of ether oxygens (including phenoxy) is 1. The van der Waals surface area contributed by atoms with Crippen molar-refractivity contribution in [2.75, 3.05) is 24.6 Å². The number of nitrogens with zero attached hydrogens (tertiary/aromatic N) is 2. The highest BCUT2D eigenvalue weighted by molar-refractivity contribution is 7.80. The van der Waals surface area contributed by atoms with Crippen LogP contribution in [0.1, 0.15) is 25.3 Å². The molecule has 0 amide bonds. The maximum absolute atomic E-state index is 5.76. The molecule has 0 radical (unpaired) electrons. The second kappa shape index (κ2) is 6.11. The quantitative estimate of drug-likeness (QED) is 0.840. The van der Waals surface area contributed by atoms with E-state index in [0.717, 1.165) is 43.8 Å². The van der Waals surface area contributed by atoms with Crippen LogP contribution in [0.25, 0.3) is 0 Å². The molecule has 1 atom stereocenters. The summed E-state index contributed by atoms with van der Waals surface area (Å²) in [5.74, 6) is 0. The summed E-state index contributed by atoms with van der Waals surface area (Å²) in [4.78, 5) is 6.87. The van der Waals surface area contributed by atoms with Gasteiger partial charge in [0.1, 0.15) is 4.99 Å². The van der Waals surface area contributed by atoms with Gasteiger partial charge >= 0.3 is 0 Å². The maximum Gasteiger partial charge on any atom is 0.106 e. The van der Waals surface area contributed by atoms with E-state index in [0.29, 0.717) is 11.1 Å². The van der Waals surface area contributed by atoms with Gasteiger partial charge in [-0.15, -0.1) is 0 Å². The van der Waals surface area contributed by atoms with Crippen LogP contribution < -0.4 is 10.6 Å². The molecule has 5 heteroatoms. The van der Waals surface area contributed by atoms with Crippen molar-refractivity contribution in [1.82, 2.24) is 4.98 Å². The third kappa shape index (κ3) is 2.97. The summed E-state index contributed by atoms with van der Waals surface area (Å²) in [6, 6.07) is 1.88. The number of aromatic nitrogens is 1. The Morgan fingerprint density at radius 3 is 3.22 bits per heavy atom. The van der Waals surface area contributed by atoms with Gasteiger partial charge < -0.3 is 15.4 Å². The minimum Gasteiger partial charge on any atom is -0.389 e. The third-order valence-corrected chi connectivity index (χ3v) is 3.41. The van der Waals surface area contributed by atoms with E-state index in [4.69, 9.17) is 22.7 Å². The second-order valence-electron chi connectivity index (χ2n) is 4.42. The molecule has 2 rings (SSSR count). The van der Waals surface area contributed by atoms with Crippen molar-refractivity contribution >= 4 is 22.9 Å². The molecule has 2 N–H and O–H groups in total. The van der Waals surface area contributed by atoms with Crippen molar-refractivity contribution in [3.8, 4) is 0 Å². The molecule has 1 aliphatic heterocycles. The molecule has 0 spiro atoms. The van der Waals surface area contributed by atoms with Crippen molar-refractivity contribution in [1.29, 1.82) is 0 Å². The van der Waals surface area contributed by atoms with Gasteiger partial charge in [-0.3, -0.25) is 4.98 Å². The van der Waals surface area contributed by atoms with Crippen LogP contribution in [0.2, 0.25) is 0 Å². The average molecular weight is 265 g/mol. The molecular weight excluding hydrogens is 246 g/mol. The maximum atomic E-state index is 5.76. The molecule has 0 saturated carbocycles. The van der Waals surface area contributed by atoms with E-state index in [9.17, 15) is 0 Å². The first-order valence-corrected chi connectivity index (χ1v) is 6.73. The van der Waals surface area contributed by atoms with Gasteiger partial charge in [-0.1, -0.05) is 12.2 Å². The van der Waals surface area contributed by atoms with Crippen LogP contribution in [0.15, 0.2) is 18.5 Å². The molecule has 1 fully saturated rings. The first kappa shape index (κ1) is 13.2. The normalized spacial score (nSPS) is 19.8. The Labute approximate surface area is 113 Å². The summed E-state index contributed by atoms with van der Waals surface area (Å²) in [6.45, 7) is 4.68. The van der Waals surface area contributed by atoms with Gasteiger partial charge in [0.2, 0.25) is 0 Å². The summed E-state index contributed by atoms with van der Waals surface area (Å²) in [5.41, 5.74) is 7.68. The van der Waals surface area contributed by atoms with E-state index in [2.05, 4.69) is 9.88 Å². The Morgan fingerprint density at radius 2 is 2.50 bits per heavy atom. The van der Waals surface area contributed by atoms with Crippen molar-refractivity contribution in [3.05, 3.63) is 24.0 Å². The number of hydrogen-bond acceptors (Lipinski definition) is 4. The number of thiocarbonyl (C=S) groups is 1. The Hall–Kier alpha value is -1.20. The SMILES string of the molecule is CCOC1CCCN(c2cnccc2C(N)=S)C1. The monoisotopic (exact) mass is 265 g/mol. The van der Waals surface area contributed by atoms with Gasteiger partial charge in [-0.05, 0) is 25.8 Å². The van der Waals surface area contributed by atoms with E-state index in [1.54, 1.807) is 6.20 Å². The topological polar surface area (TPSA) is 51.4 Å². The molecule has 1 saturated heterocycles. The largest absolute Gasteiger partial charge is 0.389 e. The molecule has 0 bridgehead atoms. The lowest BCUT2D eigenvalue weighted by molar-refractivity contribution is 0.0526. The molecule has 2 heterocycles. The fourth-order valence-electron chi connectivity index (χ4n) is 2.38. The zero-order chi connectivity index (χ0) is 13.0. The van der Waals surface area contributed by atoms with Crippen LogP contribution in [0.5, 0.6) is 0 Å². The molecule has 1 unspecified atom stereocenters. The minimum atomic E-state index is 0.295. The van der Waals surface area contributed by atoms with Crippen LogP contribution >= 0.6 is 12.2 Å². The van der Waals surface area contributed by atoms with Gasteiger partial charge in [0.05, 0.1) is 18.0 Å². The van der Waals surface area contributed by atoms with E-state index < -0.39 is 0 Å². The summed E-state index contributed by atoms with van der Waals surface area (Å²) < 4.78 is 5.71. The first-order chi connectivity index (χ1) is 8.72. The van der Waals surface area contributed by atoms with Crippen LogP contribution in [-0.4, -0.2) is 35.8 Å². The van der Waals surface area contributed by atoms with Crippen LogP contribution in [0, 0.1) is 0 Å². The number of pyridine rings is 1. The summed E-state index contributed by atoms with van der Waals surface area (Å²) in [5, 5.41) is 0. The van der Waals surface area contributed by atoms with Crippen molar-refractivity contribution in [3.63, 3.8) is 0 Å². The van der Waals surface area contributed by atoms with Gasteiger partial charge in [0, 0.05) is 31.5 Å². The van der Waals surface area contributed by atoms with Crippen molar-refractivity contribution < 1.29 is 4.74 Å². The molecular formula is C13H19N3OS. The van der Waals surface area contributed by atoms with E-state index in [1.807, 2.05) is 19.2 Å². The molecule has 1 aromatic heterocycles. The molecule has 0 aromatic carbocycles. The number of anilines is 1. The third-order valence-electron chi connectivity index (χ3n) is 3.19. The highest BCUT2D eigenvalue weighted by Gasteiger charge is 2.22. The van der Waals surface area contributed by atoms with Gasteiger partial charge in [0.15, 0.2) is 0 Å². The highest BCUT2D eigenvalue weighted by atomic mass is 32.1. The highest BCUT2D eigenvalue weighted by Crippen LogP contribution is 2.24. The predicted octanol–water partition coefficient (Wildman–Crippen LogP) is 1.72. The number of hydrogen-bond donors (Lipinski definition) is 1. The van der Waals surface area contributed by atoms with Gasteiger partial charge in [0.25, 0.3) is 0 Å². The van der Waals surface area contributed by atoms with E-state index in [1.165, 1.54) is 0 Å².